The maximum Gasteiger partial charge on any atom is 0.371 e. The van der Waals surface area contributed by atoms with E-state index in [2.05, 4.69) is 5.32 Å². The largest absolute Gasteiger partial charge is 0.475 e. The summed E-state index contributed by atoms with van der Waals surface area (Å²) < 4.78 is 5.23. The van der Waals surface area contributed by atoms with Crippen molar-refractivity contribution in [2.45, 2.75) is 0 Å². The quantitative estimate of drug-likeness (QED) is 0.743. The van der Waals surface area contributed by atoms with Gasteiger partial charge >= 0.3 is 5.97 Å². The van der Waals surface area contributed by atoms with E-state index >= 15 is 0 Å². The van der Waals surface area contributed by atoms with Crippen molar-refractivity contribution in [1.29, 1.82) is 0 Å². The van der Waals surface area contributed by atoms with Crippen molar-refractivity contribution >= 4 is 17.5 Å². The lowest BCUT2D eigenvalue weighted by Crippen LogP contribution is -1.93. The predicted octanol–water partition coefficient (Wildman–Crippen LogP) is 4.39. The number of rotatable bonds is 4. The SMILES string of the molecule is O=C(O)c1ccc(Nc2ccccc2-c2ccccc2)o1. The van der Waals surface area contributed by atoms with Crippen molar-refractivity contribution in [3.8, 4) is 11.1 Å². The van der Waals surface area contributed by atoms with Crippen molar-refractivity contribution in [3.63, 3.8) is 0 Å². The Hall–Kier alpha value is -3.01. The molecule has 0 amide bonds. The molecule has 1 heterocycles. The lowest BCUT2D eigenvalue weighted by atomic mass is 10.0. The average molecular weight is 279 g/mol. The first-order chi connectivity index (χ1) is 10.2. The average Bonchev–Trinajstić information content (AvgIpc) is 2.98. The Kier molecular flexibility index (Phi) is 3.43. The van der Waals surface area contributed by atoms with Crippen LogP contribution in [-0.2, 0) is 0 Å². The van der Waals surface area contributed by atoms with E-state index in [1.165, 1.54) is 6.07 Å². The third-order valence-electron chi connectivity index (χ3n) is 3.09. The Morgan fingerprint density at radius 2 is 1.62 bits per heavy atom. The van der Waals surface area contributed by atoms with Crippen LogP contribution in [0.15, 0.2) is 71.1 Å². The maximum absolute atomic E-state index is 10.8. The highest BCUT2D eigenvalue weighted by molar-refractivity contribution is 5.85. The molecule has 0 saturated carbocycles. The summed E-state index contributed by atoms with van der Waals surface area (Å²) in [5.41, 5.74) is 2.95. The molecule has 2 aromatic carbocycles. The highest BCUT2D eigenvalue weighted by Gasteiger charge is 2.10. The summed E-state index contributed by atoms with van der Waals surface area (Å²) >= 11 is 0. The zero-order valence-electron chi connectivity index (χ0n) is 11.1. The number of aromatic carboxylic acids is 1. The van der Waals surface area contributed by atoms with Gasteiger partial charge in [0.15, 0.2) is 5.88 Å². The van der Waals surface area contributed by atoms with E-state index in [4.69, 9.17) is 9.52 Å². The molecule has 0 spiro atoms. The highest BCUT2D eigenvalue weighted by atomic mass is 16.4. The molecule has 4 nitrogen and oxygen atoms in total. The van der Waals surface area contributed by atoms with Crippen LogP contribution in [0, 0.1) is 0 Å². The lowest BCUT2D eigenvalue weighted by molar-refractivity contribution is 0.0663. The summed E-state index contributed by atoms with van der Waals surface area (Å²) in [7, 11) is 0. The van der Waals surface area contributed by atoms with Crippen LogP contribution in [0.4, 0.5) is 11.6 Å². The molecular weight excluding hydrogens is 266 g/mol. The number of para-hydroxylation sites is 1. The van der Waals surface area contributed by atoms with Crippen molar-refractivity contribution < 1.29 is 14.3 Å². The molecule has 104 valence electrons. The van der Waals surface area contributed by atoms with Gasteiger partial charge in [0.1, 0.15) is 0 Å². The molecular formula is C17H13NO3. The molecule has 0 unspecified atom stereocenters. The van der Waals surface area contributed by atoms with Crippen LogP contribution in [0.1, 0.15) is 10.6 Å². The molecule has 0 fully saturated rings. The number of nitrogens with one attached hydrogen (secondary N) is 1. The maximum atomic E-state index is 10.8. The van der Waals surface area contributed by atoms with Crippen molar-refractivity contribution in [2.24, 2.45) is 0 Å². The molecule has 0 radical (unpaired) electrons. The molecule has 0 aliphatic heterocycles. The van der Waals surface area contributed by atoms with Gasteiger partial charge in [-0.3, -0.25) is 0 Å². The third kappa shape index (κ3) is 2.79. The first-order valence-electron chi connectivity index (χ1n) is 6.48. The van der Waals surface area contributed by atoms with Gasteiger partial charge in [0.05, 0.1) is 0 Å². The van der Waals surface area contributed by atoms with Crippen LogP contribution in [-0.4, -0.2) is 11.1 Å². The molecule has 0 saturated heterocycles. The molecule has 21 heavy (non-hydrogen) atoms. The van der Waals surface area contributed by atoms with E-state index in [0.29, 0.717) is 5.88 Å². The van der Waals surface area contributed by atoms with E-state index in [9.17, 15) is 4.79 Å². The van der Waals surface area contributed by atoms with Gasteiger partial charge in [-0.2, -0.15) is 0 Å². The van der Waals surface area contributed by atoms with E-state index in [-0.39, 0.29) is 5.76 Å². The smallest absolute Gasteiger partial charge is 0.371 e. The van der Waals surface area contributed by atoms with Crippen LogP contribution in [0.5, 0.6) is 0 Å². The van der Waals surface area contributed by atoms with Crippen LogP contribution < -0.4 is 5.32 Å². The van der Waals surface area contributed by atoms with Gasteiger partial charge in [0.25, 0.3) is 0 Å². The standard InChI is InChI=1S/C17H13NO3/c19-17(20)15-10-11-16(21-15)18-14-9-5-4-8-13(14)12-6-2-1-3-7-12/h1-11,18H,(H,19,20). The molecule has 0 bridgehead atoms. The minimum atomic E-state index is -1.08. The zero-order valence-corrected chi connectivity index (χ0v) is 11.1. The zero-order chi connectivity index (χ0) is 14.7. The van der Waals surface area contributed by atoms with Gasteiger partial charge in [-0.05, 0) is 17.7 Å². The van der Waals surface area contributed by atoms with Crippen LogP contribution in [0.2, 0.25) is 0 Å². The Morgan fingerprint density at radius 3 is 2.33 bits per heavy atom. The molecule has 0 aliphatic rings. The van der Waals surface area contributed by atoms with E-state index < -0.39 is 5.97 Å². The minimum absolute atomic E-state index is 0.0882. The summed E-state index contributed by atoms with van der Waals surface area (Å²) in [6.45, 7) is 0. The Morgan fingerprint density at radius 1 is 0.905 bits per heavy atom. The number of hydrogen-bond donors (Lipinski definition) is 2. The fraction of sp³-hybridized carbons (Fsp3) is 0. The second-order valence-corrected chi connectivity index (χ2v) is 4.51. The summed E-state index contributed by atoms with van der Waals surface area (Å²) in [6, 6.07) is 20.8. The third-order valence-corrected chi connectivity index (χ3v) is 3.09. The van der Waals surface area contributed by atoms with Crippen molar-refractivity contribution in [3.05, 3.63) is 72.5 Å². The number of furan rings is 1. The number of carboxylic acids is 1. The van der Waals surface area contributed by atoms with E-state index in [0.717, 1.165) is 16.8 Å². The number of carbonyl (C=O) groups is 1. The molecule has 1 aromatic heterocycles. The van der Waals surface area contributed by atoms with Crippen molar-refractivity contribution in [1.82, 2.24) is 0 Å². The molecule has 0 aliphatic carbocycles. The Bertz CT molecular complexity index is 762. The van der Waals surface area contributed by atoms with Gasteiger partial charge < -0.3 is 14.8 Å². The number of hydrogen-bond acceptors (Lipinski definition) is 3. The molecule has 2 N–H and O–H groups in total. The Labute approximate surface area is 121 Å². The number of carboxylic acid groups (broad SMARTS) is 1. The summed E-state index contributed by atoms with van der Waals surface area (Å²) in [5.74, 6) is -0.773. The topological polar surface area (TPSA) is 62.5 Å². The monoisotopic (exact) mass is 279 g/mol. The van der Waals surface area contributed by atoms with Crippen LogP contribution >= 0.6 is 0 Å². The summed E-state index contributed by atoms with van der Waals surface area (Å²) in [4.78, 5) is 10.8. The first-order valence-corrected chi connectivity index (χ1v) is 6.48. The van der Waals surface area contributed by atoms with Crippen LogP contribution in [0.3, 0.4) is 0 Å². The number of anilines is 2. The fourth-order valence-electron chi connectivity index (χ4n) is 2.11. The summed E-state index contributed by atoms with van der Waals surface area (Å²) in [6.07, 6.45) is 0. The second-order valence-electron chi connectivity index (χ2n) is 4.51. The number of benzene rings is 2. The van der Waals surface area contributed by atoms with Gasteiger partial charge in [0, 0.05) is 17.3 Å². The van der Waals surface area contributed by atoms with Gasteiger partial charge in [-0.15, -0.1) is 0 Å². The molecule has 0 atom stereocenters. The van der Waals surface area contributed by atoms with Gasteiger partial charge in [0.2, 0.25) is 5.76 Å². The predicted molar refractivity (Wildman–Crippen MR) is 80.8 cm³/mol. The van der Waals surface area contributed by atoms with Crippen molar-refractivity contribution in [2.75, 3.05) is 5.32 Å². The van der Waals surface area contributed by atoms with E-state index in [1.807, 2.05) is 54.6 Å². The highest BCUT2D eigenvalue weighted by Crippen LogP contribution is 2.30. The second kappa shape index (κ2) is 5.54. The van der Waals surface area contributed by atoms with Gasteiger partial charge in [-0.25, -0.2) is 4.79 Å². The molecule has 3 rings (SSSR count). The van der Waals surface area contributed by atoms with Crippen LogP contribution in [0.25, 0.3) is 11.1 Å². The molecule has 3 aromatic rings. The van der Waals surface area contributed by atoms with E-state index in [1.54, 1.807) is 6.07 Å². The fourth-order valence-corrected chi connectivity index (χ4v) is 2.11. The normalized spacial score (nSPS) is 10.3. The Balaban J connectivity index is 1.94. The minimum Gasteiger partial charge on any atom is -0.475 e. The lowest BCUT2D eigenvalue weighted by Gasteiger charge is -2.10. The summed E-state index contributed by atoms with van der Waals surface area (Å²) in [5, 5.41) is 12.0. The molecule has 4 heteroatoms. The van der Waals surface area contributed by atoms with Gasteiger partial charge in [-0.1, -0.05) is 48.5 Å². The first kappa shape index (κ1) is 13.0.